The summed E-state index contributed by atoms with van der Waals surface area (Å²) < 4.78 is 36.8. The average molecular weight is 536 g/mol. The molecule has 10 heteroatoms. The number of fused-ring (bicyclic) bond motifs is 3. The van der Waals surface area contributed by atoms with Gasteiger partial charge in [-0.2, -0.15) is 0 Å². The molecule has 4 aliphatic rings. The molecule has 0 radical (unpaired) electrons. The summed E-state index contributed by atoms with van der Waals surface area (Å²) in [5, 5.41) is 12.4. The predicted molar refractivity (Wildman–Crippen MR) is 141 cm³/mol. The van der Waals surface area contributed by atoms with E-state index >= 15 is 0 Å². The van der Waals surface area contributed by atoms with Crippen molar-refractivity contribution in [1.29, 1.82) is 0 Å². The minimum absolute atomic E-state index is 0.0548. The number of aryl methyl sites for hydroxylation is 1. The standard InChI is InChI=1S/C20H24ClF2N5.C7H12O2/c1-11(2)28-15-9-12(17-13(21)10-25-19(24)27-17)8-14(22)18(15)26-16(28)4-7-20(23)5-3-6-20;8-6-3-1-5-2-4-7(6)9-5/h8-11,17H,3-7H2,1-2H3,(H3,24,25,27);5-8H,1-4H2/t;5-,6?,7?/m.0/s1. The number of nitrogens with zero attached hydrogens (tertiary/aromatic N) is 3. The van der Waals surface area contributed by atoms with Gasteiger partial charge >= 0.3 is 0 Å². The Hall–Kier alpha value is -2.23. The Balaban J connectivity index is 0.000000260. The number of hydrogen-bond donors (Lipinski definition) is 3. The highest BCUT2D eigenvalue weighted by Crippen LogP contribution is 2.40. The molecule has 6 rings (SSSR count). The third-order valence-corrected chi connectivity index (χ3v) is 8.28. The lowest BCUT2D eigenvalue weighted by atomic mass is 9.79. The monoisotopic (exact) mass is 535 g/mol. The Bertz CT molecular complexity index is 1210. The zero-order valence-electron chi connectivity index (χ0n) is 21.4. The number of alkyl halides is 1. The van der Waals surface area contributed by atoms with E-state index in [9.17, 15) is 13.9 Å². The van der Waals surface area contributed by atoms with Crippen LogP contribution in [0.3, 0.4) is 0 Å². The fourth-order valence-electron chi connectivity index (χ4n) is 5.74. The molecule has 3 unspecified atom stereocenters. The van der Waals surface area contributed by atoms with Crippen molar-refractivity contribution in [2.24, 2.45) is 10.7 Å². The molecular weight excluding hydrogens is 500 g/mol. The molecule has 4 atom stereocenters. The van der Waals surface area contributed by atoms with Gasteiger partial charge in [0.15, 0.2) is 11.8 Å². The number of aliphatic imine (C=N–C) groups is 1. The first-order valence-corrected chi connectivity index (χ1v) is 13.7. The number of aliphatic hydroxyl groups is 1. The van der Waals surface area contributed by atoms with Crippen LogP contribution in [-0.4, -0.2) is 44.6 Å². The van der Waals surface area contributed by atoms with Gasteiger partial charge in [-0.05, 0) is 82.9 Å². The Labute approximate surface area is 221 Å². The van der Waals surface area contributed by atoms with Crippen LogP contribution in [0.5, 0.6) is 0 Å². The molecule has 4 N–H and O–H groups in total. The third kappa shape index (κ3) is 5.49. The first kappa shape index (κ1) is 26.4. The molecule has 3 aliphatic heterocycles. The molecule has 7 nitrogen and oxygen atoms in total. The molecule has 4 heterocycles. The summed E-state index contributed by atoms with van der Waals surface area (Å²) >= 11 is 6.27. The van der Waals surface area contributed by atoms with Crippen LogP contribution < -0.4 is 11.1 Å². The quantitative estimate of drug-likeness (QED) is 0.482. The van der Waals surface area contributed by atoms with Crippen molar-refractivity contribution in [3.05, 3.63) is 40.6 Å². The number of aromatic nitrogens is 2. The second-order valence-corrected chi connectivity index (χ2v) is 11.4. The van der Waals surface area contributed by atoms with E-state index in [4.69, 9.17) is 22.1 Å². The fraction of sp³-hybridized carbons (Fsp3) is 0.630. The van der Waals surface area contributed by atoms with Crippen molar-refractivity contribution in [3.8, 4) is 0 Å². The largest absolute Gasteiger partial charge is 0.390 e. The maximum absolute atomic E-state index is 14.9. The molecule has 2 saturated heterocycles. The van der Waals surface area contributed by atoms with Crippen LogP contribution >= 0.6 is 11.6 Å². The Morgan fingerprint density at radius 1 is 1.27 bits per heavy atom. The maximum atomic E-state index is 14.9. The van der Waals surface area contributed by atoms with Gasteiger partial charge in [0.25, 0.3) is 0 Å². The van der Waals surface area contributed by atoms with Gasteiger partial charge in [-0.25, -0.2) is 18.8 Å². The lowest BCUT2D eigenvalue weighted by molar-refractivity contribution is -0.0746. The molecular formula is C27H36ClF2N5O2. The van der Waals surface area contributed by atoms with Crippen molar-refractivity contribution in [2.45, 2.75) is 108 Å². The van der Waals surface area contributed by atoms with E-state index in [-0.39, 0.29) is 24.2 Å². The summed E-state index contributed by atoms with van der Waals surface area (Å²) in [6.45, 7) is 4.02. The van der Waals surface area contributed by atoms with E-state index in [1.54, 1.807) is 6.20 Å². The molecule has 0 amide bonds. The lowest BCUT2D eigenvalue weighted by Crippen LogP contribution is -2.32. The highest BCUT2D eigenvalue weighted by molar-refractivity contribution is 6.30. The van der Waals surface area contributed by atoms with Gasteiger partial charge in [0.05, 0.1) is 28.9 Å². The minimum atomic E-state index is -1.09. The van der Waals surface area contributed by atoms with Crippen molar-refractivity contribution in [2.75, 3.05) is 0 Å². The lowest BCUT2D eigenvalue weighted by Gasteiger charge is -2.33. The van der Waals surface area contributed by atoms with E-state index in [2.05, 4.69) is 15.3 Å². The number of hydrogen-bond acceptors (Lipinski definition) is 6. The van der Waals surface area contributed by atoms with Gasteiger partial charge in [-0.3, -0.25) is 0 Å². The highest BCUT2D eigenvalue weighted by Gasteiger charge is 2.37. The van der Waals surface area contributed by atoms with Gasteiger partial charge in [-0.15, -0.1) is 0 Å². The molecule has 0 spiro atoms. The van der Waals surface area contributed by atoms with Crippen LogP contribution in [0.25, 0.3) is 11.0 Å². The van der Waals surface area contributed by atoms with Crippen molar-refractivity contribution in [1.82, 2.24) is 14.9 Å². The number of nitrogens with two attached hydrogens (primary N) is 1. The number of ether oxygens (including phenoxy) is 1. The van der Waals surface area contributed by atoms with Gasteiger partial charge in [0.2, 0.25) is 0 Å². The van der Waals surface area contributed by atoms with Crippen LogP contribution in [0, 0.1) is 5.82 Å². The minimum Gasteiger partial charge on any atom is -0.390 e. The topological polar surface area (TPSA) is 97.7 Å². The molecule has 3 fully saturated rings. The summed E-state index contributed by atoms with van der Waals surface area (Å²) in [5.74, 6) is 0.491. The fourth-order valence-corrected chi connectivity index (χ4v) is 5.97. The van der Waals surface area contributed by atoms with E-state index < -0.39 is 17.5 Å². The smallest absolute Gasteiger partial charge is 0.193 e. The van der Waals surface area contributed by atoms with Gasteiger partial charge in [0.1, 0.15) is 23.1 Å². The summed E-state index contributed by atoms with van der Waals surface area (Å²) in [4.78, 5) is 8.80. The second-order valence-electron chi connectivity index (χ2n) is 11.0. The van der Waals surface area contributed by atoms with Crippen molar-refractivity contribution in [3.63, 3.8) is 0 Å². The number of rotatable bonds is 5. The summed E-state index contributed by atoms with van der Waals surface area (Å²) in [6.07, 6.45) is 9.37. The Morgan fingerprint density at radius 2 is 2.03 bits per heavy atom. The van der Waals surface area contributed by atoms with Gasteiger partial charge in [0, 0.05) is 18.7 Å². The summed E-state index contributed by atoms with van der Waals surface area (Å²) in [5.41, 5.74) is 6.21. The molecule has 1 saturated carbocycles. The van der Waals surface area contributed by atoms with Crippen LogP contribution in [0.2, 0.25) is 0 Å². The number of nitrogens with one attached hydrogen (secondary N) is 1. The molecule has 2 aromatic rings. The van der Waals surface area contributed by atoms with E-state index in [0.717, 1.165) is 25.7 Å². The first-order chi connectivity index (χ1) is 17.6. The SMILES string of the molecule is CC(C)n1c(CCC2(F)CCC2)nc2c(F)cc(C3N=C(N)NC=C3Cl)cc21.OC1CC[C@H]2CCC1O2. The normalized spacial score (nSPS) is 28.2. The van der Waals surface area contributed by atoms with E-state index in [0.29, 0.717) is 59.2 Å². The molecule has 37 heavy (non-hydrogen) atoms. The number of aliphatic hydroxyl groups excluding tert-OH is 1. The van der Waals surface area contributed by atoms with Crippen LogP contribution in [-0.2, 0) is 11.2 Å². The number of guanidine groups is 1. The number of benzene rings is 1. The second kappa shape index (κ2) is 10.5. The Morgan fingerprint density at radius 3 is 2.70 bits per heavy atom. The van der Waals surface area contributed by atoms with Gasteiger partial charge in [-0.1, -0.05) is 11.6 Å². The van der Waals surface area contributed by atoms with E-state index in [1.807, 2.05) is 24.5 Å². The van der Waals surface area contributed by atoms with Crippen molar-refractivity contribution < 1.29 is 18.6 Å². The first-order valence-electron chi connectivity index (χ1n) is 13.3. The third-order valence-electron chi connectivity index (χ3n) is 7.96. The van der Waals surface area contributed by atoms with Gasteiger partial charge < -0.3 is 25.5 Å². The zero-order chi connectivity index (χ0) is 26.3. The summed E-state index contributed by atoms with van der Waals surface area (Å²) in [7, 11) is 0. The zero-order valence-corrected chi connectivity index (χ0v) is 22.1. The highest BCUT2D eigenvalue weighted by atomic mass is 35.5. The molecule has 1 aromatic carbocycles. The van der Waals surface area contributed by atoms with Crippen molar-refractivity contribution >= 4 is 28.6 Å². The molecule has 1 aromatic heterocycles. The molecule has 1 aliphatic carbocycles. The van der Waals surface area contributed by atoms with Crippen LogP contribution in [0.15, 0.2) is 28.4 Å². The molecule has 202 valence electrons. The summed E-state index contributed by atoms with van der Waals surface area (Å²) in [6, 6.07) is 2.74. The average Bonchev–Trinajstić information content (AvgIpc) is 3.43. The Kier molecular flexibility index (Phi) is 7.49. The molecule has 2 bridgehead atoms. The predicted octanol–water partition coefficient (Wildman–Crippen LogP) is 5.31. The van der Waals surface area contributed by atoms with Crippen LogP contribution in [0.1, 0.15) is 88.7 Å². The number of halogens is 3. The maximum Gasteiger partial charge on any atom is 0.193 e. The van der Waals surface area contributed by atoms with Crippen LogP contribution in [0.4, 0.5) is 8.78 Å². The van der Waals surface area contributed by atoms with E-state index in [1.165, 1.54) is 12.5 Å². The number of imidazole rings is 1.